The van der Waals surface area contributed by atoms with Gasteiger partial charge in [-0.25, -0.2) is 0 Å². The van der Waals surface area contributed by atoms with Crippen molar-refractivity contribution in [3.05, 3.63) is 0 Å². The molecule has 0 aliphatic carbocycles. The predicted molar refractivity (Wildman–Crippen MR) is 25.5 cm³/mol. The van der Waals surface area contributed by atoms with Gasteiger partial charge >= 0.3 is 0 Å². The first kappa shape index (κ1) is 5.92. The normalized spacial score (nSPS) is 28.5. The van der Waals surface area contributed by atoms with Crippen LogP contribution in [0.2, 0.25) is 0 Å². The highest BCUT2D eigenvalue weighted by atomic mass is 16.6. The summed E-state index contributed by atoms with van der Waals surface area (Å²) in [5.74, 6) is 0. The number of rotatable bonds is 1. The molecule has 1 aliphatic heterocycles. The molecule has 1 rings (SSSR count). The summed E-state index contributed by atoms with van der Waals surface area (Å²) in [6, 6.07) is 0. The number of nitrogens with two attached hydrogens (primary N) is 1. The molecule has 6 heavy (non-hydrogen) atoms. The van der Waals surface area contributed by atoms with E-state index in [0.717, 1.165) is 6.61 Å². The Morgan fingerprint density at radius 1 is 1.83 bits per heavy atom. The zero-order valence-electron chi connectivity index (χ0n) is 2.98. The maximum absolute atomic E-state index is 5.11. The Bertz CT molecular complexity index is 34.5. The third kappa shape index (κ3) is 1.38. The van der Waals surface area contributed by atoms with Crippen LogP contribution in [-0.4, -0.2) is 19.3 Å². The van der Waals surface area contributed by atoms with Gasteiger partial charge < -0.3 is 10.5 Å². The van der Waals surface area contributed by atoms with Crippen LogP contribution >= 0.6 is 0 Å². The van der Waals surface area contributed by atoms with E-state index in [1.165, 1.54) is 0 Å². The van der Waals surface area contributed by atoms with Crippen LogP contribution in [0, 0.1) is 0 Å². The minimum Gasteiger partial charge on any atom is -0.372 e. The van der Waals surface area contributed by atoms with Gasteiger partial charge in [-0.1, -0.05) is 7.43 Å². The first-order valence-electron chi connectivity index (χ1n) is 1.75. The molecule has 38 valence electrons. The van der Waals surface area contributed by atoms with Gasteiger partial charge in [-0.15, -0.1) is 0 Å². The lowest BCUT2D eigenvalue weighted by atomic mass is 10.5. The van der Waals surface area contributed by atoms with Gasteiger partial charge in [-0.3, -0.25) is 0 Å². The summed E-state index contributed by atoms with van der Waals surface area (Å²) in [4.78, 5) is 0. The van der Waals surface area contributed by atoms with Crippen LogP contribution in [0.4, 0.5) is 0 Å². The van der Waals surface area contributed by atoms with Crippen molar-refractivity contribution in [2.24, 2.45) is 5.73 Å². The molecule has 0 spiro atoms. The molecule has 1 heterocycles. The standard InChI is InChI=1S/C3H7NO.CH4/c4-1-3-2-5-3;/h3H,1-2,4H2;1H4. The third-order valence-electron chi connectivity index (χ3n) is 0.665. The van der Waals surface area contributed by atoms with E-state index in [2.05, 4.69) is 0 Å². The van der Waals surface area contributed by atoms with E-state index in [4.69, 9.17) is 10.5 Å². The van der Waals surface area contributed by atoms with Gasteiger partial charge in [-0.05, 0) is 0 Å². The van der Waals surface area contributed by atoms with E-state index in [1.807, 2.05) is 0 Å². The number of hydrogen-bond donors (Lipinski definition) is 1. The van der Waals surface area contributed by atoms with E-state index in [1.54, 1.807) is 0 Å². The van der Waals surface area contributed by atoms with E-state index in [-0.39, 0.29) is 7.43 Å². The molecule has 1 aliphatic rings. The Balaban J connectivity index is 0.000000250. The lowest BCUT2D eigenvalue weighted by molar-refractivity contribution is 0.412. The highest BCUT2D eigenvalue weighted by Crippen LogP contribution is 2.03. The Labute approximate surface area is 38.3 Å². The monoisotopic (exact) mass is 89.1 g/mol. The number of epoxide rings is 1. The molecule has 2 heteroatoms. The molecule has 1 atom stereocenters. The molecule has 1 fully saturated rings. The first-order chi connectivity index (χ1) is 2.43. The zero-order valence-corrected chi connectivity index (χ0v) is 2.98. The summed E-state index contributed by atoms with van der Waals surface area (Å²) < 4.78 is 4.73. The maximum Gasteiger partial charge on any atom is 0.0931 e. The molecular weight excluding hydrogens is 78.0 g/mol. The molecule has 0 aromatic carbocycles. The lowest BCUT2D eigenvalue weighted by Gasteiger charge is -1.71. The Morgan fingerprint density at radius 3 is 2.33 bits per heavy atom. The van der Waals surface area contributed by atoms with Crippen LogP contribution in [0.1, 0.15) is 7.43 Å². The van der Waals surface area contributed by atoms with Crippen LogP contribution in [0.5, 0.6) is 0 Å². The highest BCUT2D eigenvalue weighted by Gasteiger charge is 2.18. The van der Waals surface area contributed by atoms with Crippen molar-refractivity contribution < 1.29 is 4.74 Å². The second kappa shape index (κ2) is 2.16. The number of hydrogen-bond acceptors (Lipinski definition) is 2. The lowest BCUT2D eigenvalue weighted by Crippen LogP contribution is -2.05. The van der Waals surface area contributed by atoms with E-state index in [9.17, 15) is 0 Å². The van der Waals surface area contributed by atoms with Crippen LogP contribution in [0.3, 0.4) is 0 Å². The van der Waals surface area contributed by atoms with Gasteiger partial charge in [0.25, 0.3) is 0 Å². The molecule has 0 aromatic heterocycles. The van der Waals surface area contributed by atoms with Gasteiger partial charge in [0.15, 0.2) is 0 Å². The molecule has 0 radical (unpaired) electrons. The first-order valence-corrected chi connectivity index (χ1v) is 1.75. The molecule has 0 bridgehead atoms. The molecule has 0 saturated carbocycles. The van der Waals surface area contributed by atoms with Crippen LogP contribution in [-0.2, 0) is 4.74 Å². The van der Waals surface area contributed by atoms with Crippen molar-refractivity contribution in [1.82, 2.24) is 0 Å². The fourth-order valence-corrected chi connectivity index (χ4v) is 0.204. The van der Waals surface area contributed by atoms with Gasteiger partial charge in [0.05, 0.1) is 12.7 Å². The Kier molecular flexibility index (Phi) is 2.13. The second-order valence-corrected chi connectivity index (χ2v) is 1.19. The summed E-state index contributed by atoms with van der Waals surface area (Å²) in [6.07, 6.45) is 0.412. The second-order valence-electron chi connectivity index (χ2n) is 1.19. The Morgan fingerprint density at radius 2 is 2.33 bits per heavy atom. The van der Waals surface area contributed by atoms with Gasteiger partial charge in [0.1, 0.15) is 0 Å². The fourth-order valence-electron chi connectivity index (χ4n) is 0.204. The quantitative estimate of drug-likeness (QED) is 0.458. The average Bonchev–Trinajstić information content (AvgIpc) is 2.12. The summed E-state index contributed by atoms with van der Waals surface area (Å²) in [5, 5.41) is 0. The van der Waals surface area contributed by atoms with Crippen molar-refractivity contribution in [1.29, 1.82) is 0 Å². The van der Waals surface area contributed by atoms with Gasteiger partial charge in [0.2, 0.25) is 0 Å². The fraction of sp³-hybridized carbons (Fsp3) is 1.00. The Hall–Kier alpha value is -0.0800. The largest absolute Gasteiger partial charge is 0.372 e. The summed E-state index contributed by atoms with van der Waals surface area (Å²) in [5.41, 5.74) is 5.11. The molecule has 0 amide bonds. The van der Waals surface area contributed by atoms with E-state index in [0.29, 0.717) is 12.6 Å². The minimum absolute atomic E-state index is 0. The van der Waals surface area contributed by atoms with Crippen molar-refractivity contribution in [3.8, 4) is 0 Å². The van der Waals surface area contributed by atoms with Crippen LogP contribution < -0.4 is 5.73 Å². The van der Waals surface area contributed by atoms with Gasteiger partial charge in [0, 0.05) is 6.54 Å². The number of ether oxygens (including phenoxy) is 1. The zero-order chi connectivity index (χ0) is 3.70. The smallest absolute Gasteiger partial charge is 0.0931 e. The highest BCUT2D eigenvalue weighted by molar-refractivity contribution is 4.67. The van der Waals surface area contributed by atoms with Crippen LogP contribution in [0.15, 0.2) is 0 Å². The molecule has 1 saturated heterocycles. The molecule has 0 aromatic rings. The molecule has 2 N–H and O–H groups in total. The summed E-state index contributed by atoms with van der Waals surface area (Å²) in [6.45, 7) is 1.58. The maximum atomic E-state index is 5.11. The average molecular weight is 89.1 g/mol. The molecule has 1 unspecified atom stereocenters. The predicted octanol–water partition coefficient (Wildman–Crippen LogP) is -0.0200. The van der Waals surface area contributed by atoms with Gasteiger partial charge in [-0.2, -0.15) is 0 Å². The van der Waals surface area contributed by atoms with Crippen molar-refractivity contribution in [2.45, 2.75) is 13.5 Å². The summed E-state index contributed by atoms with van der Waals surface area (Å²) in [7, 11) is 0. The SMILES string of the molecule is C.NCC1CO1. The van der Waals surface area contributed by atoms with E-state index >= 15 is 0 Å². The van der Waals surface area contributed by atoms with Crippen molar-refractivity contribution in [2.75, 3.05) is 13.2 Å². The summed E-state index contributed by atoms with van der Waals surface area (Å²) >= 11 is 0. The minimum atomic E-state index is 0. The van der Waals surface area contributed by atoms with Crippen molar-refractivity contribution in [3.63, 3.8) is 0 Å². The van der Waals surface area contributed by atoms with E-state index < -0.39 is 0 Å². The topological polar surface area (TPSA) is 38.5 Å². The molecule has 2 nitrogen and oxygen atoms in total. The van der Waals surface area contributed by atoms with Crippen LogP contribution in [0.25, 0.3) is 0 Å². The molecular formula is C4H11NO. The van der Waals surface area contributed by atoms with Crippen molar-refractivity contribution >= 4 is 0 Å². The third-order valence-corrected chi connectivity index (χ3v) is 0.665.